The molecule has 1 heterocycles. The summed E-state index contributed by atoms with van der Waals surface area (Å²) in [6, 6.07) is 14.6. The van der Waals surface area contributed by atoms with Crippen molar-refractivity contribution in [3.05, 3.63) is 70.3 Å². The Balaban J connectivity index is 2.26. The number of fused-ring (bicyclic) bond motifs is 1. The first-order chi connectivity index (χ1) is 13.8. The predicted molar refractivity (Wildman–Crippen MR) is 118 cm³/mol. The maximum absolute atomic E-state index is 13.4. The van der Waals surface area contributed by atoms with Gasteiger partial charge in [-0.3, -0.25) is 14.2 Å². The second kappa shape index (κ2) is 8.78. The van der Waals surface area contributed by atoms with E-state index in [4.69, 9.17) is 16.6 Å². The lowest BCUT2D eigenvalue weighted by Gasteiger charge is -2.31. The molecule has 0 saturated heterocycles. The Morgan fingerprint density at radius 1 is 1.10 bits per heavy atom. The van der Waals surface area contributed by atoms with Crippen molar-refractivity contribution >= 4 is 28.4 Å². The third-order valence-electron chi connectivity index (χ3n) is 4.93. The molecule has 0 aliphatic carbocycles. The Kier molecular flexibility index (Phi) is 6.38. The van der Waals surface area contributed by atoms with Gasteiger partial charge in [-0.1, -0.05) is 43.7 Å². The lowest BCUT2D eigenvalue weighted by Crippen LogP contribution is -2.40. The van der Waals surface area contributed by atoms with Crippen LogP contribution in [-0.4, -0.2) is 32.8 Å². The first-order valence-electron chi connectivity index (χ1n) is 9.77. The number of para-hydroxylation sites is 1. The molecule has 0 spiro atoms. The zero-order chi connectivity index (χ0) is 21.1. The number of hydrogen-bond acceptors (Lipinski definition) is 3. The molecule has 3 rings (SSSR count). The van der Waals surface area contributed by atoms with Gasteiger partial charge in [-0.2, -0.15) is 0 Å². The van der Waals surface area contributed by atoms with Gasteiger partial charge in [-0.15, -0.1) is 11.6 Å². The Morgan fingerprint density at radius 3 is 2.38 bits per heavy atom. The normalized spacial score (nSPS) is 12.3. The number of hydrogen-bond donors (Lipinski definition) is 0. The number of aryl methyl sites for hydroxylation is 1. The van der Waals surface area contributed by atoms with Crippen molar-refractivity contribution in [1.82, 2.24) is 14.5 Å². The molecule has 0 aliphatic heterocycles. The zero-order valence-electron chi connectivity index (χ0n) is 17.2. The smallest absolute Gasteiger partial charge is 0.266 e. The monoisotopic (exact) mass is 411 g/mol. The third-order valence-corrected chi connectivity index (χ3v) is 5.16. The minimum absolute atomic E-state index is 0.112. The molecular formula is C23H26ClN3O2. The number of carbonyl (C=O) groups is 1. The van der Waals surface area contributed by atoms with Crippen LogP contribution in [0.2, 0.25) is 0 Å². The van der Waals surface area contributed by atoms with Gasteiger partial charge in [-0.25, -0.2) is 4.98 Å². The van der Waals surface area contributed by atoms with E-state index in [1.165, 1.54) is 0 Å². The average Bonchev–Trinajstić information content (AvgIpc) is 2.71. The van der Waals surface area contributed by atoms with E-state index in [1.54, 1.807) is 15.5 Å². The predicted octanol–water partition coefficient (Wildman–Crippen LogP) is 4.48. The molecule has 1 aromatic heterocycles. The summed E-state index contributed by atoms with van der Waals surface area (Å²) in [5.41, 5.74) is 2.29. The van der Waals surface area contributed by atoms with Crippen LogP contribution >= 0.6 is 11.6 Å². The summed E-state index contributed by atoms with van der Waals surface area (Å²) in [6.45, 7) is 8.51. The van der Waals surface area contributed by atoms with Crippen molar-refractivity contribution in [2.75, 3.05) is 12.4 Å². The highest BCUT2D eigenvalue weighted by Gasteiger charge is 2.26. The third kappa shape index (κ3) is 4.35. The number of rotatable bonds is 6. The summed E-state index contributed by atoms with van der Waals surface area (Å²) in [5.74, 6) is 0.492. The summed E-state index contributed by atoms with van der Waals surface area (Å²) in [7, 11) is 0. The largest absolute Gasteiger partial charge is 0.331 e. The topological polar surface area (TPSA) is 55.2 Å². The Hall–Kier alpha value is -2.66. The SMILES string of the molecule is Cc1ccc(-n2c(C(C)N(CC(C)C)C(=O)CCl)nc3ccccc3c2=O)cc1. The number of carbonyl (C=O) groups excluding carboxylic acids is 1. The summed E-state index contributed by atoms with van der Waals surface area (Å²) in [5, 5.41) is 0.545. The first-order valence-corrected chi connectivity index (χ1v) is 10.3. The van der Waals surface area contributed by atoms with Gasteiger partial charge < -0.3 is 4.90 Å². The maximum atomic E-state index is 13.4. The summed E-state index contributed by atoms with van der Waals surface area (Å²) in [4.78, 5) is 32.5. The van der Waals surface area contributed by atoms with Crippen molar-refractivity contribution in [2.24, 2.45) is 5.92 Å². The summed E-state index contributed by atoms with van der Waals surface area (Å²) in [6.07, 6.45) is 0. The lowest BCUT2D eigenvalue weighted by atomic mass is 10.1. The van der Waals surface area contributed by atoms with E-state index < -0.39 is 6.04 Å². The van der Waals surface area contributed by atoms with Crippen LogP contribution in [0, 0.1) is 12.8 Å². The van der Waals surface area contributed by atoms with Crippen LogP contribution < -0.4 is 5.56 Å². The van der Waals surface area contributed by atoms with Crippen molar-refractivity contribution in [2.45, 2.75) is 33.7 Å². The van der Waals surface area contributed by atoms with Gasteiger partial charge in [0.1, 0.15) is 11.7 Å². The van der Waals surface area contributed by atoms with Gasteiger partial charge in [0, 0.05) is 6.54 Å². The fourth-order valence-corrected chi connectivity index (χ4v) is 3.61. The van der Waals surface area contributed by atoms with Crippen molar-refractivity contribution < 1.29 is 4.79 Å². The van der Waals surface area contributed by atoms with Gasteiger partial charge in [-0.05, 0) is 44.0 Å². The molecule has 1 unspecified atom stereocenters. The minimum Gasteiger partial charge on any atom is -0.331 e. The number of nitrogens with zero attached hydrogens (tertiary/aromatic N) is 3. The standard InChI is InChI=1S/C23H26ClN3O2/c1-15(2)14-26(21(28)13-24)17(4)22-25-20-8-6-5-7-19(20)23(29)27(22)18-11-9-16(3)10-12-18/h5-12,15,17H,13-14H2,1-4H3. The Morgan fingerprint density at radius 2 is 1.76 bits per heavy atom. The quantitative estimate of drug-likeness (QED) is 0.562. The molecule has 0 fully saturated rings. The molecule has 1 amide bonds. The molecule has 0 saturated carbocycles. The molecule has 29 heavy (non-hydrogen) atoms. The van der Waals surface area contributed by atoms with Crippen molar-refractivity contribution in [3.8, 4) is 5.69 Å². The highest BCUT2D eigenvalue weighted by atomic mass is 35.5. The van der Waals surface area contributed by atoms with Crippen LogP contribution in [0.3, 0.4) is 0 Å². The van der Waals surface area contributed by atoms with E-state index >= 15 is 0 Å². The second-order valence-corrected chi connectivity index (χ2v) is 7.98. The number of alkyl halides is 1. The van der Waals surface area contributed by atoms with Crippen LogP contribution in [0.15, 0.2) is 53.3 Å². The molecule has 5 nitrogen and oxygen atoms in total. The van der Waals surface area contributed by atoms with Crippen LogP contribution in [0.25, 0.3) is 16.6 Å². The second-order valence-electron chi connectivity index (χ2n) is 7.71. The maximum Gasteiger partial charge on any atom is 0.266 e. The fourth-order valence-electron chi connectivity index (χ4n) is 3.46. The molecule has 0 bridgehead atoms. The number of benzene rings is 2. The molecule has 2 aromatic carbocycles. The highest BCUT2D eigenvalue weighted by Crippen LogP contribution is 2.24. The van der Waals surface area contributed by atoms with Crippen LogP contribution in [-0.2, 0) is 4.79 Å². The van der Waals surface area contributed by atoms with Crippen LogP contribution in [0.1, 0.15) is 38.2 Å². The molecule has 6 heteroatoms. The first kappa shape index (κ1) is 21.1. The average molecular weight is 412 g/mol. The van der Waals surface area contributed by atoms with Gasteiger partial charge in [0.15, 0.2) is 0 Å². The van der Waals surface area contributed by atoms with Crippen molar-refractivity contribution in [1.29, 1.82) is 0 Å². The van der Waals surface area contributed by atoms with E-state index in [0.717, 1.165) is 11.3 Å². The van der Waals surface area contributed by atoms with Gasteiger partial charge in [0.2, 0.25) is 5.91 Å². The molecule has 0 N–H and O–H groups in total. The molecule has 3 aromatic rings. The van der Waals surface area contributed by atoms with Crippen molar-refractivity contribution in [3.63, 3.8) is 0 Å². The van der Waals surface area contributed by atoms with Gasteiger partial charge in [0.05, 0.1) is 22.6 Å². The molecular weight excluding hydrogens is 386 g/mol. The van der Waals surface area contributed by atoms with E-state index in [-0.39, 0.29) is 23.3 Å². The summed E-state index contributed by atoms with van der Waals surface area (Å²) >= 11 is 5.88. The lowest BCUT2D eigenvalue weighted by molar-refractivity contribution is -0.131. The van der Waals surface area contributed by atoms with Gasteiger partial charge in [0.25, 0.3) is 5.56 Å². The van der Waals surface area contributed by atoms with Crippen LogP contribution in [0.5, 0.6) is 0 Å². The zero-order valence-corrected chi connectivity index (χ0v) is 18.0. The van der Waals surface area contributed by atoms with Gasteiger partial charge >= 0.3 is 0 Å². The number of aromatic nitrogens is 2. The molecule has 1 atom stereocenters. The summed E-state index contributed by atoms with van der Waals surface area (Å²) < 4.78 is 1.61. The molecule has 152 valence electrons. The number of halogens is 1. The molecule has 0 aliphatic rings. The van der Waals surface area contributed by atoms with E-state index in [1.807, 2.05) is 70.2 Å². The Labute approximate surface area is 175 Å². The minimum atomic E-state index is -0.415. The van der Waals surface area contributed by atoms with Crippen LogP contribution in [0.4, 0.5) is 0 Å². The van der Waals surface area contributed by atoms with E-state index in [2.05, 4.69) is 0 Å². The number of amides is 1. The fraction of sp³-hybridized carbons (Fsp3) is 0.348. The Bertz CT molecular complexity index is 1070. The van der Waals surface area contributed by atoms with E-state index in [0.29, 0.717) is 23.3 Å². The highest BCUT2D eigenvalue weighted by molar-refractivity contribution is 6.27. The molecule has 0 radical (unpaired) electrons. The van der Waals surface area contributed by atoms with E-state index in [9.17, 15) is 9.59 Å².